The van der Waals surface area contributed by atoms with Gasteiger partial charge in [-0.1, -0.05) is 28.9 Å². The third-order valence-corrected chi connectivity index (χ3v) is 3.01. The number of ether oxygens (including phenoxy) is 1. The number of aryl methyl sites for hydroxylation is 2. The first-order valence-corrected chi connectivity index (χ1v) is 5.95. The zero-order chi connectivity index (χ0) is 14.0. The monoisotopic (exact) mass is 281 g/mol. The number of halogens is 1. The van der Waals surface area contributed by atoms with E-state index in [4.69, 9.17) is 26.0 Å². The maximum absolute atomic E-state index is 11.0. The van der Waals surface area contributed by atoms with Gasteiger partial charge in [0, 0.05) is 0 Å². The molecule has 2 rings (SSSR count). The minimum atomic E-state index is -1.15. The number of para-hydroxylation sites is 1. The van der Waals surface area contributed by atoms with Crippen molar-refractivity contribution in [2.75, 3.05) is 0 Å². The van der Waals surface area contributed by atoms with Crippen LogP contribution in [0.3, 0.4) is 0 Å². The molecule has 0 unspecified atom stereocenters. The molecule has 0 aliphatic rings. The van der Waals surface area contributed by atoms with Crippen LogP contribution in [0.4, 0.5) is 0 Å². The molecule has 0 radical (unpaired) electrons. The van der Waals surface area contributed by atoms with Crippen LogP contribution in [0.1, 0.15) is 27.4 Å². The Morgan fingerprint density at radius 2 is 2.21 bits per heavy atom. The van der Waals surface area contributed by atoms with Gasteiger partial charge in [-0.3, -0.25) is 0 Å². The van der Waals surface area contributed by atoms with Crippen LogP contribution in [0, 0.1) is 13.8 Å². The Balaban J connectivity index is 2.24. The molecular weight excluding hydrogens is 270 g/mol. The molecule has 1 aromatic heterocycles. The van der Waals surface area contributed by atoms with Crippen LogP contribution in [0.25, 0.3) is 0 Å². The summed E-state index contributed by atoms with van der Waals surface area (Å²) < 4.78 is 10.5. The van der Waals surface area contributed by atoms with E-state index in [1.54, 1.807) is 13.0 Å². The second-order valence-electron chi connectivity index (χ2n) is 4.05. The van der Waals surface area contributed by atoms with Crippen LogP contribution < -0.4 is 4.74 Å². The van der Waals surface area contributed by atoms with Gasteiger partial charge in [-0.05, 0) is 25.5 Å². The molecule has 0 aliphatic heterocycles. The summed E-state index contributed by atoms with van der Waals surface area (Å²) >= 11 is 6.03. The number of hydrogen-bond donors (Lipinski definition) is 1. The van der Waals surface area contributed by atoms with Crippen molar-refractivity contribution in [2.45, 2.75) is 20.5 Å². The van der Waals surface area contributed by atoms with Gasteiger partial charge in [0.15, 0.2) is 5.69 Å². The summed E-state index contributed by atoms with van der Waals surface area (Å²) in [5.41, 5.74) is 1.15. The summed E-state index contributed by atoms with van der Waals surface area (Å²) in [7, 11) is 0. The number of carboxylic acid groups (broad SMARTS) is 1. The molecule has 100 valence electrons. The number of carbonyl (C=O) groups is 1. The Labute approximate surface area is 114 Å². The van der Waals surface area contributed by atoms with Gasteiger partial charge in [0.05, 0.1) is 10.6 Å². The molecule has 1 N–H and O–H groups in total. The Bertz CT molecular complexity index is 601. The van der Waals surface area contributed by atoms with Crippen molar-refractivity contribution in [1.82, 2.24) is 5.16 Å². The van der Waals surface area contributed by atoms with Gasteiger partial charge in [0.25, 0.3) is 0 Å². The van der Waals surface area contributed by atoms with Crippen LogP contribution >= 0.6 is 11.6 Å². The highest BCUT2D eigenvalue weighted by Crippen LogP contribution is 2.29. The quantitative estimate of drug-likeness (QED) is 0.931. The largest absolute Gasteiger partial charge is 0.487 e. The second kappa shape index (κ2) is 5.32. The fraction of sp³-hybridized carbons (Fsp3) is 0.231. The lowest BCUT2D eigenvalue weighted by Crippen LogP contribution is -2.06. The zero-order valence-electron chi connectivity index (χ0n) is 10.4. The van der Waals surface area contributed by atoms with E-state index in [0.29, 0.717) is 22.1 Å². The van der Waals surface area contributed by atoms with Crippen LogP contribution in [0.15, 0.2) is 22.7 Å². The normalized spacial score (nSPS) is 10.5. The summed E-state index contributed by atoms with van der Waals surface area (Å²) in [6, 6.07) is 5.39. The summed E-state index contributed by atoms with van der Waals surface area (Å²) in [5, 5.41) is 12.9. The highest BCUT2D eigenvalue weighted by molar-refractivity contribution is 6.32. The van der Waals surface area contributed by atoms with Crippen molar-refractivity contribution < 1.29 is 19.2 Å². The first-order chi connectivity index (χ1) is 9.00. The molecule has 2 aromatic rings. The van der Waals surface area contributed by atoms with Gasteiger partial charge in [0.2, 0.25) is 0 Å². The maximum Gasteiger partial charge on any atom is 0.358 e. The molecule has 19 heavy (non-hydrogen) atoms. The molecule has 5 nitrogen and oxygen atoms in total. The zero-order valence-corrected chi connectivity index (χ0v) is 11.2. The van der Waals surface area contributed by atoms with E-state index in [2.05, 4.69) is 5.16 Å². The number of rotatable bonds is 4. The number of benzene rings is 1. The lowest BCUT2D eigenvalue weighted by molar-refractivity contribution is 0.0683. The van der Waals surface area contributed by atoms with E-state index in [0.717, 1.165) is 5.56 Å². The van der Waals surface area contributed by atoms with Crippen LogP contribution in [0.5, 0.6) is 5.75 Å². The lowest BCUT2D eigenvalue weighted by Gasteiger charge is -2.10. The van der Waals surface area contributed by atoms with E-state index in [-0.39, 0.29) is 12.3 Å². The third kappa shape index (κ3) is 2.71. The van der Waals surface area contributed by atoms with Crippen LogP contribution in [-0.4, -0.2) is 16.2 Å². The molecule has 1 aromatic carbocycles. The molecule has 6 heteroatoms. The fourth-order valence-corrected chi connectivity index (χ4v) is 1.95. The third-order valence-electron chi connectivity index (χ3n) is 2.71. The van der Waals surface area contributed by atoms with E-state index in [1.807, 2.05) is 19.1 Å². The minimum Gasteiger partial charge on any atom is -0.487 e. The van der Waals surface area contributed by atoms with E-state index >= 15 is 0 Å². The average Bonchev–Trinajstić information content (AvgIpc) is 2.70. The van der Waals surface area contributed by atoms with Crippen molar-refractivity contribution in [2.24, 2.45) is 0 Å². The summed E-state index contributed by atoms with van der Waals surface area (Å²) in [6.07, 6.45) is 0. The van der Waals surface area contributed by atoms with Crippen molar-refractivity contribution in [3.63, 3.8) is 0 Å². The van der Waals surface area contributed by atoms with Gasteiger partial charge < -0.3 is 14.4 Å². The Morgan fingerprint density at radius 3 is 2.84 bits per heavy atom. The standard InChI is InChI=1S/C13H12ClNO4/c1-7-4-3-5-10(14)12(7)18-6-9-8(2)19-15-11(9)13(16)17/h3-5H,6H2,1-2H3,(H,16,17). The molecule has 0 atom stereocenters. The number of aromatic carboxylic acids is 1. The van der Waals surface area contributed by atoms with E-state index in [9.17, 15) is 4.79 Å². The number of aromatic nitrogens is 1. The predicted octanol–water partition coefficient (Wildman–Crippen LogP) is 3.22. The van der Waals surface area contributed by atoms with Gasteiger partial charge >= 0.3 is 5.97 Å². The summed E-state index contributed by atoms with van der Waals surface area (Å²) in [4.78, 5) is 11.0. The van der Waals surface area contributed by atoms with E-state index in [1.165, 1.54) is 0 Å². The molecule has 0 amide bonds. The minimum absolute atomic E-state index is 0.0432. The smallest absolute Gasteiger partial charge is 0.358 e. The number of carboxylic acids is 1. The molecule has 1 heterocycles. The fourth-order valence-electron chi connectivity index (χ4n) is 1.67. The molecule has 0 spiro atoms. The lowest BCUT2D eigenvalue weighted by atomic mass is 10.2. The van der Waals surface area contributed by atoms with Crippen molar-refractivity contribution in [3.05, 3.63) is 45.8 Å². The molecule has 0 fully saturated rings. The van der Waals surface area contributed by atoms with Gasteiger partial charge in [-0.2, -0.15) is 0 Å². The molecular formula is C13H12ClNO4. The average molecular weight is 282 g/mol. The van der Waals surface area contributed by atoms with Crippen molar-refractivity contribution in [3.8, 4) is 5.75 Å². The molecule has 0 bridgehead atoms. The predicted molar refractivity (Wildman–Crippen MR) is 68.7 cm³/mol. The van der Waals surface area contributed by atoms with E-state index < -0.39 is 5.97 Å². The molecule has 0 saturated carbocycles. The first-order valence-electron chi connectivity index (χ1n) is 5.57. The number of hydrogen-bond acceptors (Lipinski definition) is 4. The van der Waals surface area contributed by atoms with Crippen molar-refractivity contribution >= 4 is 17.6 Å². The van der Waals surface area contributed by atoms with Gasteiger partial charge in [-0.25, -0.2) is 4.79 Å². The molecule has 0 aliphatic carbocycles. The van der Waals surface area contributed by atoms with Gasteiger partial charge in [-0.15, -0.1) is 0 Å². The molecule has 0 saturated heterocycles. The Morgan fingerprint density at radius 1 is 1.47 bits per heavy atom. The summed E-state index contributed by atoms with van der Waals surface area (Å²) in [6.45, 7) is 3.54. The number of nitrogens with zero attached hydrogens (tertiary/aromatic N) is 1. The Hall–Kier alpha value is -2.01. The summed E-state index contributed by atoms with van der Waals surface area (Å²) in [5.74, 6) is -0.199. The van der Waals surface area contributed by atoms with Crippen LogP contribution in [-0.2, 0) is 6.61 Å². The SMILES string of the molecule is Cc1cccc(Cl)c1OCc1c(C(=O)O)noc1C. The topological polar surface area (TPSA) is 72.6 Å². The van der Waals surface area contributed by atoms with Crippen molar-refractivity contribution in [1.29, 1.82) is 0 Å². The van der Waals surface area contributed by atoms with Gasteiger partial charge in [0.1, 0.15) is 18.1 Å². The maximum atomic E-state index is 11.0. The second-order valence-corrected chi connectivity index (χ2v) is 4.45. The van der Waals surface area contributed by atoms with Crippen LogP contribution in [0.2, 0.25) is 5.02 Å². The highest BCUT2D eigenvalue weighted by Gasteiger charge is 2.20. The first kappa shape index (κ1) is 13.4. The Kier molecular flexibility index (Phi) is 3.76. The highest BCUT2D eigenvalue weighted by atomic mass is 35.5.